The maximum absolute atomic E-state index is 12.4. The van der Waals surface area contributed by atoms with Crippen LogP contribution in [0.1, 0.15) is 18.1 Å². The second kappa shape index (κ2) is 6.63. The van der Waals surface area contributed by atoms with Crippen LogP contribution < -0.4 is 10.2 Å². The standard InChI is InChI=1S/C21H23N3O/c1-15-12-16-6-2-5-9-20(16)24(15)14-21(25)22-11-10-17-13-23-19-8-4-3-7-18(17)19/h2-9,13,15,23H,10-12,14H2,1H3,(H,22,25)/t15-/m1/s1. The Morgan fingerprint density at radius 1 is 1.20 bits per heavy atom. The Bertz CT molecular complexity index is 899. The first-order valence-corrected chi connectivity index (χ1v) is 8.88. The van der Waals surface area contributed by atoms with Crippen LogP contribution in [0.5, 0.6) is 0 Å². The number of H-pyrrole nitrogens is 1. The number of para-hydroxylation sites is 2. The molecule has 2 aromatic carbocycles. The highest BCUT2D eigenvalue weighted by atomic mass is 16.2. The molecule has 4 nitrogen and oxygen atoms in total. The number of fused-ring (bicyclic) bond motifs is 2. The van der Waals surface area contributed by atoms with Crippen LogP contribution >= 0.6 is 0 Å². The molecule has 128 valence electrons. The molecule has 1 aliphatic rings. The van der Waals surface area contributed by atoms with Gasteiger partial charge in [0.1, 0.15) is 0 Å². The minimum Gasteiger partial charge on any atom is -0.361 e. The summed E-state index contributed by atoms with van der Waals surface area (Å²) in [6.45, 7) is 3.26. The van der Waals surface area contributed by atoms with Crippen molar-refractivity contribution in [3.63, 3.8) is 0 Å². The molecule has 0 unspecified atom stereocenters. The molecule has 4 heteroatoms. The van der Waals surface area contributed by atoms with Gasteiger partial charge in [0.15, 0.2) is 0 Å². The van der Waals surface area contributed by atoms with Crippen molar-refractivity contribution in [2.45, 2.75) is 25.8 Å². The molecule has 0 bridgehead atoms. The van der Waals surface area contributed by atoms with E-state index in [9.17, 15) is 4.79 Å². The summed E-state index contributed by atoms with van der Waals surface area (Å²) >= 11 is 0. The summed E-state index contributed by atoms with van der Waals surface area (Å²) in [5.74, 6) is 0.0865. The number of nitrogens with zero attached hydrogens (tertiary/aromatic N) is 1. The highest BCUT2D eigenvalue weighted by Gasteiger charge is 2.26. The molecule has 0 aliphatic carbocycles. The molecule has 0 spiro atoms. The van der Waals surface area contributed by atoms with E-state index in [1.165, 1.54) is 22.2 Å². The zero-order valence-electron chi connectivity index (χ0n) is 14.5. The van der Waals surface area contributed by atoms with Gasteiger partial charge in [-0.1, -0.05) is 36.4 Å². The average Bonchev–Trinajstić information content (AvgIpc) is 3.17. The predicted molar refractivity (Wildman–Crippen MR) is 102 cm³/mol. The lowest BCUT2D eigenvalue weighted by Gasteiger charge is -2.24. The number of carbonyl (C=O) groups excluding carboxylic acids is 1. The molecule has 3 aromatic rings. The third-order valence-electron chi connectivity index (χ3n) is 5.05. The average molecular weight is 333 g/mol. The van der Waals surface area contributed by atoms with Crippen LogP contribution in [0.25, 0.3) is 10.9 Å². The number of rotatable bonds is 5. The van der Waals surface area contributed by atoms with E-state index >= 15 is 0 Å². The van der Waals surface area contributed by atoms with Crippen molar-refractivity contribution in [2.24, 2.45) is 0 Å². The predicted octanol–water partition coefficient (Wildman–Crippen LogP) is 3.28. The van der Waals surface area contributed by atoms with Gasteiger partial charge in [0, 0.05) is 35.4 Å². The maximum Gasteiger partial charge on any atom is 0.239 e. The molecule has 2 N–H and O–H groups in total. The lowest BCUT2D eigenvalue weighted by molar-refractivity contribution is -0.119. The quantitative estimate of drug-likeness (QED) is 0.753. The summed E-state index contributed by atoms with van der Waals surface area (Å²) in [6, 6.07) is 17.0. The van der Waals surface area contributed by atoms with Crippen LogP contribution in [0.2, 0.25) is 0 Å². The summed E-state index contributed by atoms with van der Waals surface area (Å²) in [6.07, 6.45) is 3.89. The first-order chi connectivity index (χ1) is 12.2. The van der Waals surface area contributed by atoms with Gasteiger partial charge < -0.3 is 15.2 Å². The Kier molecular flexibility index (Phi) is 4.18. The minimum atomic E-state index is 0.0865. The van der Waals surface area contributed by atoms with Gasteiger partial charge in [-0.2, -0.15) is 0 Å². The zero-order chi connectivity index (χ0) is 17.2. The maximum atomic E-state index is 12.4. The monoisotopic (exact) mass is 333 g/mol. The molecule has 0 saturated heterocycles. The van der Waals surface area contributed by atoms with Gasteiger partial charge >= 0.3 is 0 Å². The summed E-state index contributed by atoms with van der Waals surface area (Å²) in [7, 11) is 0. The molecule has 1 atom stereocenters. The van der Waals surface area contributed by atoms with E-state index in [1.807, 2.05) is 24.4 Å². The fourth-order valence-corrected chi connectivity index (χ4v) is 3.76. The third kappa shape index (κ3) is 3.12. The van der Waals surface area contributed by atoms with Crippen molar-refractivity contribution in [1.29, 1.82) is 0 Å². The van der Waals surface area contributed by atoms with Gasteiger partial charge in [0.25, 0.3) is 0 Å². The second-order valence-corrected chi connectivity index (χ2v) is 6.77. The number of benzene rings is 2. The minimum absolute atomic E-state index is 0.0865. The van der Waals surface area contributed by atoms with Gasteiger partial charge in [0.2, 0.25) is 5.91 Å². The fraction of sp³-hybridized carbons (Fsp3) is 0.286. The normalized spacial score (nSPS) is 16.2. The molecule has 0 saturated carbocycles. The Morgan fingerprint density at radius 3 is 2.92 bits per heavy atom. The van der Waals surface area contributed by atoms with Crippen LogP contribution in [-0.2, 0) is 17.6 Å². The summed E-state index contributed by atoms with van der Waals surface area (Å²) in [4.78, 5) is 17.9. The smallest absolute Gasteiger partial charge is 0.239 e. The molecule has 4 rings (SSSR count). The highest BCUT2D eigenvalue weighted by Crippen LogP contribution is 2.31. The molecule has 1 amide bonds. The summed E-state index contributed by atoms with van der Waals surface area (Å²) in [5.41, 5.74) is 4.92. The SMILES string of the molecule is C[C@@H]1Cc2ccccc2N1CC(=O)NCCc1c[nH]c2ccccc12. The fourth-order valence-electron chi connectivity index (χ4n) is 3.76. The number of amides is 1. The molecule has 1 aliphatic heterocycles. The Labute approximate surface area is 147 Å². The second-order valence-electron chi connectivity index (χ2n) is 6.77. The van der Waals surface area contributed by atoms with E-state index in [-0.39, 0.29) is 5.91 Å². The topological polar surface area (TPSA) is 48.1 Å². The van der Waals surface area contributed by atoms with Crippen molar-refractivity contribution < 1.29 is 4.79 Å². The third-order valence-corrected chi connectivity index (χ3v) is 5.05. The van der Waals surface area contributed by atoms with Crippen LogP contribution in [0.3, 0.4) is 0 Å². The largest absolute Gasteiger partial charge is 0.361 e. The van der Waals surface area contributed by atoms with Crippen molar-refractivity contribution >= 4 is 22.5 Å². The number of hydrogen-bond donors (Lipinski definition) is 2. The lowest BCUT2D eigenvalue weighted by Crippen LogP contribution is -2.40. The molecule has 25 heavy (non-hydrogen) atoms. The molecular weight excluding hydrogens is 310 g/mol. The van der Waals surface area contributed by atoms with Gasteiger partial charge in [0.05, 0.1) is 6.54 Å². The van der Waals surface area contributed by atoms with E-state index in [1.54, 1.807) is 0 Å². The molecule has 2 heterocycles. The van der Waals surface area contributed by atoms with Gasteiger partial charge in [-0.15, -0.1) is 0 Å². The zero-order valence-corrected chi connectivity index (χ0v) is 14.5. The van der Waals surface area contributed by atoms with Gasteiger partial charge in [-0.25, -0.2) is 0 Å². The van der Waals surface area contributed by atoms with Gasteiger partial charge in [-0.3, -0.25) is 4.79 Å². The molecule has 0 radical (unpaired) electrons. The van der Waals surface area contributed by atoms with Crippen molar-refractivity contribution in [2.75, 3.05) is 18.0 Å². The number of aromatic nitrogens is 1. The van der Waals surface area contributed by atoms with Crippen LogP contribution in [-0.4, -0.2) is 30.0 Å². The highest BCUT2D eigenvalue weighted by molar-refractivity contribution is 5.84. The summed E-state index contributed by atoms with van der Waals surface area (Å²) in [5, 5.41) is 4.30. The van der Waals surface area contributed by atoms with E-state index in [0.717, 1.165) is 18.4 Å². The van der Waals surface area contributed by atoms with E-state index in [0.29, 0.717) is 19.1 Å². The summed E-state index contributed by atoms with van der Waals surface area (Å²) < 4.78 is 0. The van der Waals surface area contributed by atoms with Crippen LogP contribution in [0.15, 0.2) is 54.7 Å². The van der Waals surface area contributed by atoms with Gasteiger partial charge in [-0.05, 0) is 43.0 Å². The first kappa shape index (κ1) is 15.8. The number of hydrogen-bond acceptors (Lipinski definition) is 2. The number of carbonyl (C=O) groups is 1. The van der Waals surface area contributed by atoms with Crippen LogP contribution in [0, 0.1) is 0 Å². The van der Waals surface area contributed by atoms with E-state index in [4.69, 9.17) is 0 Å². The number of aromatic amines is 1. The molecule has 1 aromatic heterocycles. The van der Waals surface area contributed by atoms with Crippen molar-refractivity contribution in [3.8, 4) is 0 Å². The lowest BCUT2D eigenvalue weighted by atomic mass is 10.1. The molecule has 0 fully saturated rings. The Morgan fingerprint density at radius 2 is 2.00 bits per heavy atom. The van der Waals surface area contributed by atoms with Crippen molar-refractivity contribution in [3.05, 3.63) is 65.9 Å². The van der Waals surface area contributed by atoms with Crippen LogP contribution in [0.4, 0.5) is 5.69 Å². The Balaban J connectivity index is 1.34. The van der Waals surface area contributed by atoms with E-state index < -0.39 is 0 Å². The Hall–Kier alpha value is -2.75. The number of nitrogens with one attached hydrogen (secondary N) is 2. The number of anilines is 1. The first-order valence-electron chi connectivity index (χ1n) is 8.88. The molecular formula is C21H23N3O. The van der Waals surface area contributed by atoms with Crippen molar-refractivity contribution in [1.82, 2.24) is 10.3 Å². The van der Waals surface area contributed by atoms with E-state index in [2.05, 4.69) is 52.5 Å².